The molecule has 0 saturated carbocycles. The van der Waals surface area contributed by atoms with E-state index in [4.69, 9.17) is 10.5 Å². The molecule has 0 radical (unpaired) electrons. The Morgan fingerprint density at radius 3 is 2.29 bits per heavy atom. The topological polar surface area (TPSA) is 35.2 Å². The molecule has 0 unspecified atom stereocenters. The van der Waals surface area contributed by atoms with E-state index in [0.29, 0.717) is 17.2 Å². The molecular formula is C18H22FNO. The predicted octanol–water partition coefficient (Wildman–Crippen LogP) is 5.07. The normalized spacial score (nSPS) is 12.5. The molecule has 1 atom stereocenters. The van der Waals surface area contributed by atoms with Gasteiger partial charge in [0.05, 0.1) is 0 Å². The van der Waals surface area contributed by atoms with Crippen molar-refractivity contribution in [3.8, 4) is 11.5 Å². The summed E-state index contributed by atoms with van der Waals surface area (Å²) >= 11 is 0. The lowest BCUT2D eigenvalue weighted by molar-refractivity contribution is 0.468. The Balaban J connectivity index is 2.32. The highest BCUT2D eigenvalue weighted by Gasteiger charge is 2.11. The minimum atomic E-state index is -0.305. The van der Waals surface area contributed by atoms with Gasteiger partial charge in [0.1, 0.15) is 17.3 Å². The van der Waals surface area contributed by atoms with Crippen molar-refractivity contribution in [3.63, 3.8) is 0 Å². The summed E-state index contributed by atoms with van der Waals surface area (Å²) in [5.74, 6) is 1.51. The molecule has 0 heterocycles. The van der Waals surface area contributed by atoms with Gasteiger partial charge >= 0.3 is 0 Å². The first kappa shape index (κ1) is 15.5. The number of hydrogen-bond donors (Lipinski definition) is 1. The van der Waals surface area contributed by atoms with E-state index in [9.17, 15) is 4.39 Å². The fraction of sp³-hybridized carbons (Fsp3) is 0.333. The van der Waals surface area contributed by atoms with Crippen molar-refractivity contribution in [3.05, 3.63) is 58.9 Å². The smallest absolute Gasteiger partial charge is 0.132 e. The van der Waals surface area contributed by atoms with E-state index in [1.807, 2.05) is 19.1 Å². The van der Waals surface area contributed by atoms with Crippen LogP contribution in [0.15, 0.2) is 36.4 Å². The zero-order valence-corrected chi connectivity index (χ0v) is 13.0. The SMILES string of the molecule is Cc1cc(Oc2ccc(F)cc2[C@H](C)N)ccc1C(C)C. The summed E-state index contributed by atoms with van der Waals surface area (Å²) < 4.78 is 19.2. The average Bonchev–Trinajstić information content (AvgIpc) is 2.40. The second-order valence-electron chi connectivity index (χ2n) is 5.75. The number of rotatable bonds is 4. The molecule has 0 aromatic heterocycles. The first-order valence-corrected chi connectivity index (χ1v) is 7.22. The summed E-state index contributed by atoms with van der Waals surface area (Å²) in [5.41, 5.74) is 9.04. The van der Waals surface area contributed by atoms with E-state index in [2.05, 4.69) is 26.8 Å². The number of hydrogen-bond acceptors (Lipinski definition) is 2. The molecule has 0 spiro atoms. The van der Waals surface area contributed by atoms with Gasteiger partial charge in [-0.05, 0) is 61.2 Å². The summed E-state index contributed by atoms with van der Waals surface area (Å²) in [6.45, 7) is 8.21. The van der Waals surface area contributed by atoms with Gasteiger partial charge in [-0.2, -0.15) is 0 Å². The Hall–Kier alpha value is -1.87. The van der Waals surface area contributed by atoms with Gasteiger partial charge in [0.25, 0.3) is 0 Å². The predicted molar refractivity (Wildman–Crippen MR) is 84.3 cm³/mol. The van der Waals surface area contributed by atoms with Crippen LogP contribution in [0.5, 0.6) is 11.5 Å². The Labute approximate surface area is 125 Å². The largest absolute Gasteiger partial charge is 0.457 e. The number of aryl methyl sites for hydroxylation is 1. The molecule has 2 rings (SSSR count). The van der Waals surface area contributed by atoms with Gasteiger partial charge in [-0.1, -0.05) is 19.9 Å². The molecule has 2 aromatic carbocycles. The van der Waals surface area contributed by atoms with Crippen LogP contribution in [0.2, 0.25) is 0 Å². The molecule has 0 amide bonds. The second-order valence-corrected chi connectivity index (χ2v) is 5.75. The standard InChI is InChI=1S/C18H22FNO/c1-11(2)16-7-6-15(9-12(16)3)21-18-8-5-14(19)10-17(18)13(4)20/h5-11,13H,20H2,1-4H3/t13-/m0/s1. The zero-order valence-electron chi connectivity index (χ0n) is 13.0. The first-order valence-electron chi connectivity index (χ1n) is 7.22. The third-order valence-corrected chi connectivity index (χ3v) is 3.55. The molecule has 2 N–H and O–H groups in total. The average molecular weight is 287 g/mol. The Kier molecular flexibility index (Phi) is 4.63. The van der Waals surface area contributed by atoms with Crippen molar-refractivity contribution in [2.24, 2.45) is 5.73 Å². The Morgan fingerprint density at radius 1 is 1.00 bits per heavy atom. The maximum Gasteiger partial charge on any atom is 0.132 e. The number of benzene rings is 2. The van der Waals surface area contributed by atoms with Crippen LogP contribution < -0.4 is 10.5 Å². The van der Waals surface area contributed by atoms with Crippen LogP contribution in [0.25, 0.3) is 0 Å². The van der Waals surface area contributed by atoms with Crippen molar-refractivity contribution >= 4 is 0 Å². The summed E-state index contributed by atoms with van der Waals surface area (Å²) in [6, 6.07) is 10.2. The fourth-order valence-corrected chi connectivity index (χ4v) is 2.45. The third-order valence-electron chi connectivity index (χ3n) is 3.55. The molecule has 2 nitrogen and oxygen atoms in total. The highest BCUT2D eigenvalue weighted by atomic mass is 19.1. The minimum Gasteiger partial charge on any atom is -0.457 e. The van der Waals surface area contributed by atoms with Gasteiger partial charge in [-0.25, -0.2) is 4.39 Å². The van der Waals surface area contributed by atoms with Gasteiger partial charge in [0.15, 0.2) is 0 Å². The van der Waals surface area contributed by atoms with Crippen molar-refractivity contribution in [1.29, 1.82) is 0 Å². The summed E-state index contributed by atoms with van der Waals surface area (Å²) in [5, 5.41) is 0. The summed E-state index contributed by atoms with van der Waals surface area (Å²) in [6.07, 6.45) is 0. The maximum absolute atomic E-state index is 13.3. The van der Waals surface area contributed by atoms with E-state index < -0.39 is 0 Å². The van der Waals surface area contributed by atoms with Crippen LogP contribution in [0.1, 0.15) is 49.4 Å². The van der Waals surface area contributed by atoms with E-state index >= 15 is 0 Å². The van der Waals surface area contributed by atoms with Crippen molar-refractivity contribution in [2.75, 3.05) is 0 Å². The van der Waals surface area contributed by atoms with Gasteiger partial charge in [0.2, 0.25) is 0 Å². The zero-order chi connectivity index (χ0) is 15.6. The van der Waals surface area contributed by atoms with Crippen LogP contribution >= 0.6 is 0 Å². The second kappa shape index (κ2) is 6.27. The molecule has 21 heavy (non-hydrogen) atoms. The minimum absolute atomic E-state index is 0.285. The van der Waals surface area contributed by atoms with E-state index in [1.54, 1.807) is 6.07 Å². The highest BCUT2D eigenvalue weighted by molar-refractivity contribution is 5.42. The monoisotopic (exact) mass is 287 g/mol. The van der Waals surface area contributed by atoms with E-state index in [1.165, 1.54) is 23.3 Å². The quantitative estimate of drug-likeness (QED) is 0.852. The molecular weight excluding hydrogens is 265 g/mol. The molecule has 0 fully saturated rings. The van der Waals surface area contributed by atoms with Gasteiger partial charge < -0.3 is 10.5 Å². The number of ether oxygens (including phenoxy) is 1. The van der Waals surface area contributed by atoms with Crippen LogP contribution in [0.4, 0.5) is 4.39 Å². The van der Waals surface area contributed by atoms with Crippen molar-refractivity contribution < 1.29 is 9.13 Å². The van der Waals surface area contributed by atoms with Crippen LogP contribution in [0.3, 0.4) is 0 Å². The molecule has 112 valence electrons. The first-order chi connectivity index (χ1) is 9.88. The molecule has 0 saturated heterocycles. The summed E-state index contributed by atoms with van der Waals surface area (Å²) in [4.78, 5) is 0. The Morgan fingerprint density at radius 2 is 1.71 bits per heavy atom. The molecule has 3 heteroatoms. The van der Waals surface area contributed by atoms with Crippen molar-refractivity contribution in [2.45, 2.75) is 39.7 Å². The number of nitrogens with two attached hydrogens (primary N) is 1. The molecule has 0 bridgehead atoms. The van der Waals surface area contributed by atoms with E-state index in [0.717, 1.165) is 5.75 Å². The van der Waals surface area contributed by atoms with Crippen molar-refractivity contribution in [1.82, 2.24) is 0 Å². The molecule has 0 aliphatic carbocycles. The fourth-order valence-electron chi connectivity index (χ4n) is 2.45. The van der Waals surface area contributed by atoms with Crippen LogP contribution in [-0.4, -0.2) is 0 Å². The lowest BCUT2D eigenvalue weighted by Crippen LogP contribution is -2.07. The van der Waals surface area contributed by atoms with E-state index in [-0.39, 0.29) is 11.9 Å². The molecule has 0 aliphatic heterocycles. The van der Waals surface area contributed by atoms with Gasteiger partial charge in [-0.15, -0.1) is 0 Å². The van der Waals surface area contributed by atoms with Gasteiger partial charge in [0, 0.05) is 11.6 Å². The summed E-state index contributed by atoms with van der Waals surface area (Å²) in [7, 11) is 0. The number of halogens is 1. The Bertz CT molecular complexity index is 635. The maximum atomic E-state index is 13.3. The van der Waals surface area contributed by atoms with Crippen LogP contribution in [0, 0.1) is 12.7 Å². The van der Waals surface area contributed by atoms with Gasteiger partial charge in [-0.3, -0.25) is 0 Å². The molecule has 0 aliphatic rings. The van der Waals surface area contributed by atoms with Crippen LogP contribution in [-0.2, 0) is 0 Å². The lowest BCUT2D eigenvalue weighted by Gasteiger charge is -2.16. The highest BCUT2D eigenvalue weighted by Crippen LogP contribution is 2.31. The molecule has 2 aromatic rings. The third kappa shape index (κ3) is 3.61. The lowest BCUT2D eigenvalue weighted by atomic mass is 9.98.